The lowest BCUT2D eigenvalue weighted by Gasteiger charge is -2.18. The van der Waals surface area contributed by atoms with E-state index in [-0.39, 0.29) is 30.6 Å². The topological polar surface area (TPSA) is 92.6 Å². The Morgan fingerprint density at radius 3 is 2.62 bits per heavy atom. The lowest BCUT2D eigenvalue weighted by molar-refractivity contribution is -0.384. The number of likely N-dealkylation sites (N-methyl/N-ethyl adjacent to an activating group) is 1. The zero-order valence-corrected chi connectivity index (χ0v) is 15.1. The molecule has 1 N–H and O–H groups in total. The monoisotopic (exact) mass is 375 g/mol. The number of rotatable bonds is 6. The first kappa shape index (κ1) is 19.4. The number of non-ortho nitro benzene ring substituents is 1. The minimum absolute atomic E-state index is 0.0969. The Kier molecular flexibility index (Phi) is 6.30. The minimum Gasteiger partial charge on any atom is -0.343 e. The Morgan fingerprint density at radius 1 is 1.23 bits per heavy atom. The molecule has 0 heterocycles. The van der Waals surface area contributed by atoms with E-state index in [1.165, 1.54) is 30.1 Å². The SMILES string of the molecule is Cc1cccc(C(=O)NCC(=O)N(C)Cc2cc([N+](=O)[O-])ccc2Cl)c1. The summed E-state index contributed by atoms with van der Waals surface area (Å²) in [6, 6.07) is 11.1. The summed E-state index contributed by atoms with van der Waals surface area (Å²) in [7, 11) is 1.54. The summed E-state index contributed by atoms with van der Waals surface area (Å²) in [4.78, 5) is 36.0. The molecule has 2 aromatic carbocycles. The molecule has 0 aromatic heterocycles. The van der Waals surface area contributed by atoms with Gasteiger partial charge >= 0.3 is 0 Å². The molecule has 26 heavy (non-hydrogen) atoms. The highest BCUT2D eigenvalue weighted by molar-refractivity contribution is 6.31. The molecule has 8 heteroatoms. The van der Waals surface area contributed by atoms with Crippen molar-refractivity contribution in [2.24, 2.45) is 0 Å². The van der Waals surface area contributed by atoms with Gasteiger partial charge in [-0.25, -0.2) is 0 Å². The molecule has 7 nitrogen and oxygen atoms in total. The molecule has 2 aromatic rings. The van der Waals surface area contributed by atoms with Crippen LogP contribution in [0.5, 0.6) is 0 Å². The first-order valence-electron chi connectivity index (χ1n) is 7.79. The van der Waals surface area contributed by atoms with Crippen molar-refractivity contribution in [2.75, 3.05) is 13.6 Å². The van der Waals surface area contributed by atoms with Gasteiger partial charge < -0.3 is 10.2 Å². The second-order valence-corrected chi connectivity index (χ2v) is 6.24. The van der Waals surface area contributed by atoms with E-state index in [9.17, 15) is 19.7 Å². The van der Waals surface area contributed by atoms with Gasteiger partial charge in [0.1, 0.15) is 0 Å². The number of carbonyl (C=O) groups is 2. The van der Waals surface area contributed by atoms with Gasteiger partial charge in [0.05, 0.1) is 11.5 Å². The molecular weight excluding hydrogens is 358 g/mol. The van der Waals surface area contributed by atoms with Crippen LogP contribution in [0.3, 0.4) is 0 Å². The summed E-state index contributed by atoms with van der Waals surface area (Å²) in [5.41, 5.74) is 1.78. The fraction of sp³-hybridized carbons (Fsp3) is 0.222. The molecule has 0 aliphatic heterocycles. The van der Waals surface area contributed by atoms with Crippen LogP contribution in [0.15, 0.2) is 42.5 Å². The van der Waals surface area contributed by atoms with Crippen LogP contribution in [-0.4, -0.2) is 35.2 Å². The van der Waals surface area contributed by atoms with Crippen molar-refractivity contribution < 1.29 is 14.5 Å². The number of nitro groups is 1. The van der Waals surface area contributed by atoms with Crippen LogP contribution in [-0.2, 0) is 11.3 Å². The highest BCUT2D eigenvalue weighted by Gasteiger charge is 2.16. The van der Waals surface area contributed by atoms with E-state index in [2.05, 4.69) is 5.32 Å². The molecule has 0 saturated carbocycles. The summed E-state index contributed by atoms with van der Waals surface area (Å²) < 4.78 is 0. The number of halogens is 1. The maximum atomic E-state index is 12.2. The van der Waals surface area contributed by atoms with Crippen molar-refractivity contribution in [2.45, 2.75) is 13.5 Å². The molecule has 0 atom stereocenters. The lowest BCUT2D eigenvalue weighted by Crippen LogP contribution is -2.37. The number of hydrogen-bond donors (Lipinski definition) is 1. The van der Waals surface area contributed by atoms with Gasteiger partial charge in [0.25, 0.3) is 11.6 Å². The average molecular weight is 376 g/mol. The van der Waals surface area contributed by atoms with Crippen molar-refractivity contribution >= 4 is 29.1 Å². The summed E-state index contributed by atoms with van der Waals surface area (Å²) in [5.74, 6) is -0.683. The van der Waals surface area contributed by atoms with Gasteiger partial charge in [-0.1, -0.05) is 29.3 Å². The third-order valence-corrected chi connectivity index (χ3v) is 4.12. The number of nitrogens with zero attached hydrogens (tertiary/aromatic N) is 2. The Balaban J connectivity index is 1.96. The highest BCUT2D eigenvalue weighted by Crippen LogP contribution is 2.23. The smallest absolute Gasteiger partial charge is 0.269 e. The molecule has 136 valence electrons. The van der Waals surface area contributed by atoms with Gasteiger partial charge in [-0.2, -0.15) is 0 Å². The molecule has 0 unspecified atom stereocenters. The average Bonchev–Trinajstić information content (AvgIpc) is 2.60. The Morgan fingerprint density at radius 2 is 1.96 bits per heavy atom. The second kappa shape index (κ2) is 8.44. The predicted molar refractivity (Wildman–Crippen MR) is 98.1 cm³/mol. The number of nitrogens with one attached hydrogen (secondary N) is 1. The summed E-state index contributed by atoms with van der Waals surface area (Å²) in [6.07, 6.45) is 0. The van der Waals surface area contributed by atoms with E-state index in [1.807, 2.05) is 13.0 Å². The van der Waals surface area contributed by atoms with Crippen LogP contribution >= 0.6 is 11.6 Å². The second-order valence-electron chi connectivity index (χ2n) is 5.83. The van der Waals surface area contributed by atoms with Gasteiger partial charge in [0, 0.05) is 36.3 Å². The minimum atomic E-state index is -0.524. The van der Waals surface area contributed by atoms with Crippen LogP contribution in [0.4, 0.5) is 5.69 Å². The molecule has 0 aliphatic rings. The van der Waals surface area contributed by atoms with Crippen molar-refractivity contribution in [1.82, 2.24) is 10.2 Å². The number of nitro benzene ring substituents is 1. The normalized spacial score (nSPS) is 10.3. The lowest BCUT2D eigenvalue weighted by atomic mass is 10.1. The van der Waals surface area contributed by atoms with Crippen LogP contribution < -0.4 is 5.32 Å². The fourth-order valence-corrected chi connectivity index (χ4v) is 2.50. The van der Waals surface area contributed by atoms with Crippen molar-refractivity contribution in [3.63, 3.8) is 0 Å². The number of hydrogen-bond acceptors (Lipinski definition) is 4. The van der Waals surface area contributed by atoms with E-state index in [0.717, 1.165) is 5.56 Å². The van der Waals surface area contributed by atoms with E-state index >= 15 is 0 Å². The molecular formula is C18H18ClN3O4. The van der Waals surface area contributed by atoms with Crippen molar-refractivity contribution in [3.8, 4) is 0 Å². The number of benzene rings is 2. The Hall–Kier alpha value is -2.93. The summed E-state index contributed by atoms with van der Waals surface area (Å²) in [5, 5.41) is 13.8. The van der Waals surface area contributed by atoms with E-state index in [0.29, 0.717) is 16.1 Å². The van der Waals surface area contributed by atoms with Crippen molar-refractivity contribution in [3.05, 3.63) is 74.3 Å². The van der Waals surface area contributed by atoms with Crippen LogP contribution in [0.2, 0.25) is 5.02 Å². The molecule has 0 radical (unpaired) electrons. The number of carbonyl (C=O) groups excluding carboxylic acids is 2. The first-order chi connectivity index (χ1) is 12.3. The van der Waals surface area contributed by atoms with Crippen molar-refractivity contribution in [1.29, 1.82) is 0 Å². The first-order valence-corrected chi connectivity index (χ1v) is 8.17. The summed E-state index contributed by atoms with van der Waals surface area (Å²) >= 11 is 6.04. The van der Waals surface area contributed by atoms with Gasteiger partial charge in [-0.15, -0.1) is 0 Å². The molecule has 2 amide bonds. The predicted octanol–water partition coefficient (Wildman–Crippen LogP) is 2.95. The van der Waals surface area contributed by atoms with Gasteiger partial charge in [0.2, 0.25) is 5.91 Å². The van der Waals surface area contributed by atoms with Crippen LogP contribution in [0, 0.1) is 17.0 Å². The molecule has 0 spiro atoms. The van der Waals surface area contributed by atoms with Gasteiger partial charge in [-0.3, -0.25) is 19.7 Å². The van der Waals surface area contributed by atoms with E-state index in [4.69, 9.17) is 11.6 Å². The number of aryl methyl sites for hydroxylation is 1. The third kappa shape index (κ3) is 5.03. The Labute approximate surface area is 155 Å². The molecule has 0 fully saturated rings. The standard InChI is InChI=1S/C18H18ClN3O4/c1-12-4-3-5-13(8-12)18(24)20-10-17(23)21(2)11-14-9-15(22(25)26)6-7-16(14)19/h3-9H,10-11H2,1-2H3,(H,20,24). The largest absolute Gasteiger partial charge is 0.343 e. The molecule has 0 saturated heterocycles. The van der Waals surface area contributed by atoms with Crippen LogP contribution in [0.25, 0.3) is 0 Å². The van der Waals surface area contributed by atoms with E-state index < -0.39 is 4.92 Å². The number of amides is 2. The zero-order chi connectivity index (χ0) is 19.3. The summed E-state index contributed by atoms with van der Waals surface area (Å²) in [6.45, 7) is 1.79. The Bertz CT molecular complexity index is 854. The maximum Gasteiger partial charge on any atom is 0.269 e. The fourth-order valence-electron chi connectivity index (χ4n) is 2.32. The van der Waals surface area contributed by atoms with Crippen LogP contribution in [0.1, 0.15) is 21.5 Å². The third-order valence-electron chi connectivity index (χ3n) is 3.75. The maximum absolute atomic E-state index is 12.2. The quantitative estimate of drug-likeness (QED) is 0.620. The van der Waals surface area contributed by atoms with E-state index in [1.54, 1.807) is 18.2 Å². The highest BCUT2D eigenvalue weighted by atomic mass is 35.5. The van der Waals surface area contributed by atoms with Gasteiger partial charge in [-0.05, 0) is 30.7 Å². The van der Waals surface area contributed by atoms with Gasteiger partial charge in [0.15, 0.2) is 0 Å². The molecule has 0 bridgehead atoms. The zero-order valence-electron chi connectivity index (χ0n) is 14.4. The molecule has 2 rings (SSSR count). The molecule has 0 aliphatic carbocycles.